The Balaban J connectivity index is 1.62. The van der Waals surface area contributed by atoms with Crippen LogP contribution in [0.1, 0.15) is 32.6 Å². The third-order valence-electron chi connectivity index (χ3n) is 5.98. The summed E-state index contributed by atoms with van der Waals surface area (Å²) in [7, 11) is 1.48. The normalized spacial score (nSPS) is 12.0. The molecule has 0 unspecified atom stereocenters. The molecule has 0 amide bonds. The van der Waals surface area contributed by atoms with Crippen LogP contribution in [0.4, 0.5) is 16.0 Å². The van der Waals surface area contributed by atoms with Gasteiger partial charge in [0.25, 0.3) is 0 Å². The lowest BCUT2D eigenvalue weighted by Gasteiger charge is -2.15. The zero-order valence-electron chi connectivity index (χ0n) is 19.7. The van der Waals surface area contributed by atoms with Crippen molar-refractivity contribution in [1.29, 1.82) is 0 Å². The molecule has 9 heteroatoms. The smallest absolute Gasteiger partial charge is 0.339 e. The molecule has 0 aliphatic carbocycles. The first kappa shape index (κ1) is 23.7. The van der Waals surface area contributed by atoms with E-state index in [4.69, 9.17) is 19.8 Å². The fourth-order valence-electron chi connectivity index (χ4n) is 4.19. The quantitative estimate of drug-likeness (QED) is 0.326. The number of carbonyl (C=O) groups is 1. The number of anilines is 2. The Morgan fingerprint density at radius 3 is 2.73 bits per heavy atom. The Labute approximate surface area is 211 Å². The summed E-state index contributed by atoms with van der Waals surface area (Å²) < 4.78 is 20.6. The van der Waals surface area contributed by atoms with E-state index in [-0.39, 0.29) is 29.4 Å². The number of ether oxygens (including phenoxy) is 1. The van der Waals surface area contributed by atoms with E-state index in [2.05, 4.69) is 16.9 Å². The van der Waals surface area contributed by atoms with E-state index in [1.807, 2.05) is 18.2 Å². The van der Waals surface area contributed by atoms with Crippen molar-refractivity contribution < 1.29 is 24.1 Å². The van der Waals surface area contributed by atoms with Crippen molar-refractivity contribution in [3.8, 4) is 22.8 Å². The predicted octanol–water partition coefficient (Wildman–Crippen LogP) is 5.43. The molecule has 1 aliphatic heterocycles. The summed E-state index contributed by atoms with van der Waals surface area (Å²) in [5.41, 5.74) is 4.41. The molecule has 1 aromatic heterocycles. The first-order chi connectivity index (χ1) is 17.9. The largest absolute Gasteiger partial charge is 0.507 e. The van der Waals surface area contributed by atoms with Crippen molar-refractivity contribution >= 4 is 29.4 Å². The zero-order valence-corrected chi connectivity index (χ0v) is 19.7. The lowest BCUT2D eigenvalue weighted by atomic mass is 9.93. The Kier molecular flexibility index (Phi) is 6.10. The number of aromatic carboxylic acids is 1. The number of nitrogens with one attached hydrogen (secondary N) is 1. The molecule has 37 heavy (non-hydrogen) atoms. The maximum atomic E-state index is 15.1. The molecule has 3 N–H and O–H groups in total. The minimum absolute atomic E-state index is 0.203. The van der Waals surface area contributed by atoms with Crippen LogP contribution in [0.15, 0.2) is 72.4 Å². The van der Waals surface area contributed by atoms with Crippen molar-refractivity contribution in [3.05, 3.63) is 101 Å². The maximum absolute atomic E-state index is 15.1. The van der Waals surface area contributed by atoms with Crippen LogP contribution >= 0.6 is 0 Å². The molecule has 4 aromatic rings. The molecule has 1 aliphatic rings. The molecule has 0 atom stereocenters. The van der Waals surface area contributed by atoms with Gasteiger partial charge in [-0.2, -0.15) is 0 Å². The predicted molar refractivity (Wildman–Crippen MR) is 138 cm³/mol. The van der Waals surface area contributed by atoms with Crippen molar-refractivity contribution in [1.82, 2.24) is 9.97 Å². The minimum Gasteiger partial charge on any atom is -0.507 e. The number of fused-ring (bicyclic) bond motifs is 3. The number of aliphatic imine (C=N–C) groups is 1. The van der Waals surface area contributed by atoms with Crippen molar-refractivity contribution in [2.24, 2.45) is 4.99 Å². The first-order valence-electron chi connectivity index (χ1n) is 11.2. The van der Waals surface area contributed by atoms with E-state index in [9.17, 15) is 9.90 Å². The number of aromatic nitrogens is 2. The number of carboxylic acids is 1. The molecule has 184 valence electrons. The van der Waals surface area contributed by atoms with Crippen LogP contribution in [-0.4, -0.2) is 39.0 Å². The number of rotatable bonds is 6. The fourth-order valence-corrected chi connectivity index (χ4v) is 4.19. The van der Waals surface area contributed by atoms with Crippen LogP contribution in [0.25, 0.3) is 17.3 Å². The third kappa shape index (κ3) is 4.38. The molecule has 0 radical (unpaired) electrons. The number of halogens is 1. The Morgan fingerprint density at radius 1 is 1.16 bits per heavy atom. The average Bonchev–Trinajstić information content (AvgIpc) is 3.04. The van der Waals surface area contributed by atoms with Gasteiger partial charge in [0.1, 0.15) is 22.9 Å². The molecule has 8 nitrogen and oxygen atoms in total. The number of methoxy groups -OCH3 is 1. The van der Waals surface area contributed by atoms with E-state index < -0.39 is 11.8 Å². The highest BCUT2D eigenvalue weighted by Gasteiger charge is 2.25. The molecule has 2 heterocycles. The number of carboxylic acid groups (broad SMARTS) is 1. The van der Waals surface area contributed by atoms with Crippen LogP contribution in [0.5, 0.6) is 11.5 Å². The van der Waals surface area contributed by atoms with Crippen LogP contribution in [0.2, 0.25) is 0 Å². The van der Waals surface area contributed by atoms with E-state index in [0.717, 1.165) is 16.7 Å². The highest BCUT2D eigenvalue weighted by molar-refractivity contribution is 6.18. The van der Waals surface area contributed by atoms with E-state index in [0.29, 0.717) is 28.4 Å². The average molecular weight is 496 g/mol. The standard InChI is InChI=1S/C28H21FN4O4/c1-3-15-7-9-18-20(11-15)26(24-21(29)5-4-6-23(24)37-2)30-13-16-14-31-28(33-25(16)18)32-17-8-10-19(27(35)36)22(34)12-17/h3-12,14,34H,1,13H2,2H3,(H,35,36)(H,31,32,33). The topological polar surface area (TPSA) is 117 Å². The van der Waals surface area contributed by atoms with Crippen molar-refractivity contribution in [3.63, 3.8) is 0 Å². The molecule has 0 saturated carbocycles. The highest BCUT2D eigenvalue weighted by atomic mass is 19.1. The summed E-state index contributed by atoms with van der Waals surface area (Å²) in [6, 6.07) is 14.3. The van der Waals surface area contributed by atoms with Gasteiger partial charge in [-0.05, 0) is 35.9 Å². The number of benzene rings is 3. The van der Waals surface area contributed by atoms with Crippen LogP contribution in [0.3, 0.4) is 0 Å². The summed E-state index contributed by atoms with van der Waals surface area (Å²) in [6.07, 6.45) is 3.33. The Hall–Kier alpha value is -5.05. The number of aromatic hydroxyl groups is 1. The lowest BCUT2D eigenvalue weighted by molar-refractivity contribution is 0.0694. The van der Waals surface area contributed by atoms with Gasteiger partial charge in [-0.15, -0.1) is 0 Å². The number of hydrogen-bond acceptors (Lipinski definition) is 7. The van der Waals surface area contributed by atoms with E-state index in [1.165, 1.54) is 31.4 Å². The number of phenols is 1. The number of nitrogens with zero attached hydrogens (tertiary/aromatic N) is 3. The molecular formula is C28H21FN4O4. The maximum Gasteiger partial charge on any atom is 0.339 e. The van der Waals surface area contributed by atoms with E-state index >= 15 is 4.39 Å². The molecule has 0 fully saturated rings. The third-order valence-corrected chi connectivity index (χ3v) is 5.98. The van der Waals surface area contributed by atoms with Gasteiger partial charge in [0.05, 0.1) is 30.6 Å². The van der Waals surface area contributed by atoms with Gasteiger partial charge in [0.2, 0.25) is 5.95 Å². The van der Waals surface area contributed by atoms with Crippen LogP contribution in [-0.2, 0) is 6.54 Å². The highest BCUT2D eigenvalue weighted by Crippen LogP contribution is 2.36. The minimum atomic E-state index is -1.23. The van der Waals surface area contributed by atoms with Crippen LogP contribution < -0.4 is 10.1 Å². The van der Waals surface area contributed by atoms with Gasteiger partial charge < -0.3 is 20.3 Å². The van der Waals surface area contributed by atoms with Crippen molar-refractivity contribution in [2.75, 3.05) is 12.4 Å². The molecule has 3 aromatic carbocycles. The summed E-state index contributed by atoms with van der Waals surface area (Å²) in [5.74, 6) is -1.49. The van der Waals surface area contributed by atoms with Gasteiger partial charge in [-0.3, -0.25) is 4.99 Å². The molecule has 5 rings (SSSR count). The first-order valence-corrected chi connectivity index (χ1v) is 11.2. The van der Waals surface area contributed by atoms with Gasteiger partial charge in [0.15, 0.2) is 0 Å². The van der Waals surface area contributed by atoms with Gasteiger partial charge in [-0.1, -0.05) is 30.9 Å². The van der Waals surface area contributed by atoms with Gasteiger partial charge >= 0.3 is 5.97 Å². The molecule has 0 bridgehead atoms. The fraction of sp³-hybridized carbons (Fsp3) is 0.0714. The monoisotopic (exact) mass is 496 g/mol. The Morgan fingerprint density at radius 2 is 2.00 bits per heavy atom. The summed E-state index contributed by atoms with van der Waals surface area (Å²) in [4.78, 5) is 25.0. The second-order valence-corrected chi connectivity index (χ2v) is 8.22. The molecular weight excluding hydrogens is 475 g/mol. The molecule has 0 spiro atoms. The SMILES string of the molecule is C=Cc1ccc2c(c1)C(c1c(F)cccc1OC)=NCc1cnc(Nc3ccc(C(=O)O)c(O)c3)nc1-2. The number of hydrogen-bond donors (Lipinski definition) is 3. The summed E-state index contributed by atoms with van der Waals surface area (Å²) in [6.45, 7) is 4.05. The molecule has 0 saturated heterocycles. The lowest BCUT2D eigenvalue weighted by Crippen LogP contribution is -2.10. The van der Waals surface area contributed by atoms with Gasteiger partial charge in [-0.25, -0.2) is 19.2 Å². The second-order valence-electron chi connectivity index (χ2n) is 8.22. The summed E-state index contributed by atoms with van der Waals surface area (Å²) >= 11 is 0. The van der Waals surface area contributed by atoms with E-state index in [1.54, 1.807) is 24.4 Å². The van der Waals surface area contributed by atoms with Gasteiger partial charge in [0, 0.05) is 34.6 Å². The second kappa shape index (κ2) is 9.54. The van der Waals surface area contributed by atoms with Crippen LogP contribution in [0, 0.1) is 5.82 Å². The zero-order chi connectivity index (χ0) is 26.1. The summed E-state index contributed by atoms with van der Waals surface area (Å²) in [5, 5.41) is 22.2. The Bertz CT molecular complexity index is 1600. The van der Waals surface area contributed by atoms with Crippen molar-refractivity contribution in [2.45, 2.75) is 6.54 Å².